The Balaban J connectivity index is 1.59. The van der Waals surface area contributed by atoms with Gasteiger partial charge in [0.1, 0.15) is 11.5 Å². The van der Waals surface area contributed by atoms with Crippen LogP contribution in [0, 0.1) is 5.92 Å². The molecular weight excluding hydrogens is 252 g/mol. The summed E-state index contributed by atoms with van der Waals surface area (Å²) in [7, 11) is 2.20. The van der Waals surface area contributed by atoms with Gasteiger partial charge in [-0.2, -0.15) is 0 Å². The lowest BCUT2D eigenvalue weighted by Gasteiger charge is -2.33. The van der Waals surface area contributed by atoms with E-state index >= 15 is 0 Å². The van der Waals surface area contributed by atoms with Gasteiger partial charge in [-0.05, 0) is 57.9 Å². The van der Waals surface area contributed by atoms with Gasteiger partial charge in [-0.3, -0.25) is 4.90 Å². The molecule has 3 rings (SSSR count). The van der Waals surface area contributed by atoms with Gasteiger partial charge in [0.2, 0.25) is 0 Å². The maximum absolute atomic E-state index is 9.22. The molecule has 4 nitrogen and oxygen atoms in total. The quantitative estimate of drug-likeness (QED) is 0.919. The van der Waals surface area contributed by atoms with Crippen LogP contribution in [-0.4, -0.2) is 34.9 Å². The molecule has 1 fully saturated rings. The molecule has 0 spiro atoms. The summed E-state index contributed by atoms with van der Waals surface area (Å²) in [6.07, 6.45) is 9.41. The maximum atomic E-state index is 9.22. The summed E-state index contributed by atoms with van der Waals surface area (Å²) in [5, 5.41) is 13.5. The first-order valence-electron chi connectivity index (χ1n) is 8.05. The molecule has 0 saturated heterocycles. The monoisotopic (exact) mass is 278 g/mol. The number of hydrogen-bond acceptors (Lipinski definition) is 4. The molecule has 1 N–H and O–H groups in total. The minimum atomic E-state index is 0.354. The molecule has 20 heavy (non-hydrogen) atoms. The van der Waals surface area contributed by atoms with Crippen molar-refractivity contribution >= 4 is 0 Å². The molecule has 1 aromatic rings. The highest BCUT2D eigenvalue weighted by molar-refractivity contribution is 5.25. The zero-order valence-corrected chi connectivity index (χ0v) is 12.5. The van der Waals surface area contributed by atoms with Crippen LogP contribution >= 0.6 is 0 Å². The molecule has 4 heteroatoms. The van der Waals surface area contributed by atoms with E-state index in [4.69, 9.17) is 4.52 Å². The first-order valence-corrected chi connectivity index (χ1v) is 8.05. The van der Waals surface area contributed by atoms with Gasteiger partial charge >= 0.3 is 0 Å². The molecular formula is C16H26N2O2. The van der Waals surface area contributed by atoms with E-state index in [1.54, 1.807) is 0 Å². The third-order valence-corrected chi connectivity index (χ3v) is 5.13. The average molecular weight is 278 g/mol. The number of aromatic nitrogens is 1. The van der Waals surface area contributed by atoms with Gasteiger partial charge in [0.25, 0.3) is 0 Å². The van der Waals surface area contributed by atoms with Crippen molar-refractivity contribution in [3.05, 3.63) is 17.0 Å². The molecule has 0 atom stereocenters. The second-order valence-corrected chi connectivity index (χ2v) is 6.51. The molecule has 112 valence electrons. The Labute approximate surface area is 121 Å². The summed E-state index contributed by atoms with van der Waals surface area (Å²) >= 11 is 0. The van der Waals surface area contributed by atoms with Gasteiger partial charge in [-0.1, -0.05) is 5.16 Å². The third-order valence-electron chi connectivity index (χ3n) is 5.13. The SMILES string of the molecule is CN(Cc1noc2c1CCCC2)C1CCC(CO)CC1. The molecule has 1 aromatic heterocycles. The van der Waals surface area contributed by atoms with Crippen molar-refractivity contribution in [3.8, 4) is 0 Å². The van der Waals surface area contributed by atoms with Crippen LogP contribution in [0.15, 0.2) is 4.52 Å². The normalized spacial score (nSPS) is 26.8. The van der Waals surface area contributed by atoms with Crippen molar-refractivity contribution < 1.29 is 9.63 Å². The van der Waals surface area contributed by atoms with Crippen LogP contribution in [0.2, 0.25) is 0 Å². The lowest BCUT2D eigenvalue weighted by atomic mass is 9.86. The van der Waals surface area contributed by atoms with E-state index in [0.717, 1.165) is 43.7 Å². The van der Waals surface area contributed by atoms with Crippen LogP contribution in [0.4, 0.5) is 0 Å². The van der Waals surface area contributed by atoms with Crippen LogP contribution in [0.1, 0.15) is 55.5 Å². The Morgan fingerprint density at radius 3 is 2.70 bits per heavy atom. The van der Waals surface area contributed by atoms with E-state index in [9.17, 15) is 5.11 Å². The van der Waals surface area contributed by atoms with Gasteiger partial charge in [-0.25, -0.2) is 0 Å². The number of nitrogens with zero attached hydrogens (tertiary/aromatic N) is 2. The van der Waals surface area contributed by atoms with E-state index in [1.165, 1.54) is 31.2 Å². The Morgan fingerprint density at radius 1 is 1.20 bits per heavy atom. The van der Waals surface area contributed by atoms with E-state index in [2.05, 4.69) is 17.1 Å². The third kappa shape index (κ3) is 2.91. The Morgan fingerprint density at radius 2 is 1.95 bits per heavy atom. The molecule has 2 aliphatic rings. The maximum Gasteiger partial charge on any atom is 0.140 e. The Hall–Kier alpha value is -0.870. The second-order valence-electron chi connectivity index (χ2n) is 6.51. The summed E-state index contributed by atoms with van der Waals surface area (Å²) in [5.41, 5.74) is 2.54. The van der Waals surface area contributed by atoms with E-state index in [-0.39, 0.29) is 0 Å². The molecule has 0 aliphatic heterocycles. The van der Waals surface area contributed by atoms with Gasteiger partial charge in [0.15, 0.2) is 0 Å². The smallest absolute Gasteiger partial charge is 0.140 e. The fourth-order valence-electron chi connectivity index (χ4n) is 3.71. The first-order chi connectivity index (χ1) is 9.78. The molecule has 0 aromatic carbocycles. The van der Waals surface area contributed by atoms with Crippen LogP contribution in [-0.2, 0) is 19.4 Å². The number of hydrogen-bond donors (Lipinski definition) is 1. The first kappa shape index (κ1) is 14.1. The van der Waals surface area contributed by atoms with Crippen LogP contribution in [0.3, 0.4) is 0 Å². The van der Waals surface area contributed by atoms with Crippen LogP contribution < -0.4 is 0 Å². The molecule has 2 aliphatic carbocycles. The second kappa shape index (κ2) is 6.27. The number of aliphatic hydroxyl groups is 1. The van der Waals surface area contributed by atoms with Crippen molar-refractivity contribution in [1.29, 1.82) is 0 Å². The van der Waals surface area contributed by atoms with Gasteiger partial charge in [0.05, 0.1) is 0 Å². The topological polar surface area (TPSA) is 49.5 Å². The van der Waals surface area contributed by atoms with Crippen molar-refractivity contribution in [2.75, 3.05) is 13.7 Å². The average Bonchev–Trinajstić information content (AvgIpc) is 2.91. The largest absolute Gasteiger partial charge is 0.396 e. The standard InChI is InChI=1S/C16H26N2O2/c1-18(13-8-6-12(11-19)7-9-13)10-15-14-4-2-3-5-16(14)20-17-15/h12-13,19H,2-11H2,1H3. The predicted octanol–water partition coefficient (Wildman–Crippen LogP) is 2.54. The zero-order valence-electron chi connectivity index (χ0n) is 12.5. The Bertz CT molecular complexity index is 436. The van der Waals surface area contributed by atoms with Gasteiger partial charge in [-0.15, -0.1) is 0 Å². The molecule has 0 bridgehead atoms. The van der Waals surface area contributed by atoms with E-state index in [1.807, 2.05) is 0 Å². The summed E-state index contributed by atoms with van der Waals surface area (Å²) in [6.45, 7) is 1.26. The lowest BCUT2D eigenvalue weighted by molar-refractivity contribution is 0.122. The van der Waals surface area contributed by atoms with E-state index in [0.29, 0.717) is 18.6 Å². The van der Waals surface area contributed by atoms with Crippen molar-refractivity contribution in [3.63, 3.8) is 0 Å². The molecule has 1 saturated carbocycles. The highest BCUT2D eigenvalue weighted by Gasteiger charge is 2.26. The van der Waals surface area contributed by atoms with Crippen molar-refractivity contribution in [2.24, 2.45) is 5.92 Å². The summed E-state index contributed by atoms with van der Waals surface area (Å²) in [5.74, 6) is 1.66. The minimum Gasteiger partial charge on any atom is -0.396 e. The number of rotatable bonds is 4. The molecule has 0 amide bonds. The minimum absolute atomic E-state index is 0.354. The summed E-state index contributed by atoms with van der Waals surface area (Å²) in [4.78, 5) is 2.43. The van der Waals surface area contributed by atoms with Crippen LogP contribution in [0.5, 0.6) is 0 Å². The molecule has 1 heterocycles. The van der Waals surface area contributed by atoms with Gasteiger partial charge < -0.3 is 9.63 Å². The predicted molar refractivity (Wildman–Crippen MR) is 77.4 cm³/mol. The van der Waals surface area contributed by atoms with Crippen molar-refractivity contribution in [2.45, 2.75) is 64.0 Å². The van der Waals surface area contributed by atoms with Crippen molar-refractivity contribution in [1.82, 2.24) is 10.1 Å². The molecule has 0 radical (unpaired) electrons. The van der Waals surface area contributed by atoms with Crippen LogP contribution in [0.25, 0.3) is 0 Å². The van der Waals surface area contributed by atoms with Gasteiger partial charge in [0, 0.05) is 31.2 Å². The highest BCUT2D eigenvalue weighted by Crippen LogP contribution is 2.29. The highest BCUT2D eigenvalue weighted by atomic mass is 16.5. The summed E-state index contributed by atoms with van der Waals surface area (Å²) < 4.78 is 5.50. The number of fused-ring (bicyclic) bond motifs is 1. The summed E-state index contributed by atoms with van der Waals surface area (Å²) in [6, 6.07) is 0.633. The zero-order chi connectivity index (χ0) is 13.9. The van der Waals surface area contributed by atoms with E-state index < -0.39 is 0 Å². The molecule has 0 unspecified atom stereocenters. The number of aryl methyl sites for hydroxylation is 1. The Kier molecular flexibility index (Phi) is 4.41. The lowest BCUT2D eigenvalue weighted by Crippen LogP contribution is -2.35. The fraction of sp³-hybridized carbons (Fsp3) is 0.812. The number of aliphatic hydroxyl groups excluding tert-OH is 1. The fourth-order valence-corrected chi connectivity index (χ4v) is 3.71.